The third-order valence-electron chi connectivity index (χ3n) is 3.59. The highest BCUT2D eigenvalue weighted by molar-refractivity contribution is 6.06. The second-order valence-corrected chi connectivity index (χ2v) is 5.92. The molecular weight excluding hydrogens is 342 g/mol. The summed E-state index contributed by atoms with van der Waals surface area (Å²) in [4.78, 5) is 29.0. The molecule has 0 aliphatic rings. The van der Waals surface area contributed by atoms with Gasteiger partial charge in [0.1, 0.15) is 17.3 Å². The van der Waals surface area contributed by atoms with Crippen molar-refractivity contribution in [1.82, 2.24) is 14.7 Å². The molecule has 2 N–H and O–H groups in total. The van der Waals surface area contributed by atoms with Gasteiger partial charge in [-0.3, -0.25) is 14.0 Å². The highest BCUT2D eigenvalue weighted by Crippen LogP contribution is 2.20. The van der Waals surface area contributed by atoms with Gasteiger partial charge in [-0.05, 0) is 38.1 Å². The standard InChI is InChI=1S/C18H16F2N4O2/c1-10(2)21-17(25)15-13-8-3-4-9-24(13)16(22-15)18(26)23-14-11(19)6-5-7-12(14)20/h3-10H,1-2H3,(H,21,25)(H,23,26). The van der Waals surface area contributed by atoms with Crippen LogP contribution in [0.25, 0.3) is 5.52 Å². The maximum absolute atomic E-state index is 13.8. The number of carbonyl (C=O) groups is 2. The van der Waals surface area contributed by atoms with E-state index in [4.69, 9.17) is 0 Å². The molecular formula is C18H16F2N4O2. The van der Waals surface area contributed by atoms with Crippen molar-refractivity contribution in [3.05, 3.63) is 65.7 Å². The zero-order valence-corrected chi connectivity index (χ0v) is 14.1. The Kier molecular flexibility index (Phi) is 4.66. The lowest BCUT2D eigenvalue weighted by Crippen LogP contribution is -2.30. The quantitative estimate of drug-likeness (QED) is 0.753. The third kappa shape index (κ3) is 3.26. The molecule has 0 unspecified atom stereocenters. The molecule has 2 aromatic heterocycles. The van der Waals surface area contributed by atoms with Crippen molar-refractivity contribution in [3.63, 3.8) is 0 Å². The molecule has 134 valence electrons. The number of rotatable bonds is 4. The minimum Gasteiger partial charge on any atom is -0.348 e. The van der Waals surface area contributed by atoms with Crippen molar-refractivity contribution < 1.29 is 18.4 Å². The van der Waals surface area contributed by atoms with Gasteiger partial charge in [0.25, 0.3) is 11.8 Å². The van der Waals surface area contributed by atoms with Gasteiger partial charge in [-0.2, -0.15) is 0 Å². The fourth-order valence-corrected chi connectivity index (χ4v) is 2.48. The molecule has 3 rings (SSSR count). The molecule has 0 spiro atoms. The van der Waals surface area contributed by atoms with Crippen LogP contribution < -0.4 is 10.6 Å². The topological polar surface area (TPSA) is 75.5 Å². The van der Waals surface area contributed by atoms with Crippen LogP contribution in [-0.2, 0) is 0 Å². The van der Waals surface area contributed by atoms with Gasteiger partial charge >= 0.3 is 0 Å². The highest BCUT2D eigenvalue weighted by Gasteiger charge is 2.23. The van der Waals surface area contributed by atoms with Crippen molar-refractivity contribution in [1.29, 1.82) is 0 Å². The van der Waals surface area contributed by atoms with Gasteiger partial charge in [-0.15, -0.1) is 0 Å². The summed E-state index contributed by atoms with van der Waals surface area (Å²) in [7, 11) is 0. The molecule has 0 saturated heterocycles. The second kappa shape index (κ2) is 6.91. The summed E-state index contributed by atoms with van der Waals surface area (Å²) in [6.45, 7) is 3.59. The van der Waals surface area contributed by atoms with Gasteiger partial charge in [0.2, 0.25) is 5.82 Å². The molecule has 0 saturated carbocycles. The number of hydrogen-bond acceptors (Lipinski definition) is 3. The molecule has 1 aromatic carbocycles. The molecule has 0 aliphatic heterocycles. The van der Waals surface area contributed by atoms with Gasteiger partial charge in [-0.25, -0.2) is 13.8 Å². The number of benzene rings is 1. The fraction of sp³-hybridized carbons (Fsp3) is 0.167. The molecule has 3 aromatic rings. The summed E-state index contributed by atoms with van der Waals surface area (Å²) >= 11 is 0. The van der Waals surface area contributed by atoms with Crippen LogP contribution in [0.4, 0.5) is 14.5 Å². The van der Waals surface area contributed by atoms with Crippen LogP contribution in [0, 0.1) is 11.6 Å². The van der Waals surface area contributed by atoms with Crippen molar-refractivity contribution in [2.75, 3.05) is 5.32 Å². The summed E-state index contributed by atoms with van der Waals surface area (Å²) in [5.41, 5.74) is -0.110. The Morgan fingerprint density at radius 1 is 1.04 bits per heavy atom. The lowest BCUT2D eigenvalue weighted by Gasteiger charge is -2.06. The molecule has 0 fully saturated rings. The van der Waals surface area contributed by atoms with Crippen LogP contribution >= 0.6 is 0 Å². The van der Waals surface area contributed by atoms with Crippen LogP contribution in [0.3, 0.4) is 0 Å². The number of anilines is 1. The molecule has 0 bridgehead atoms. The van der Waals surface area contributed by atoms with E-state index in [0.717, 1.165) is 12.1 Å². The molecule has 26 heavy (non-hydrogen) atoms. The smallest absolute Gasteiger partial charge is 0.292 e. The number of carbonyl (C=O) groups excluding carboxylic acids is 2. The Labute approximate surface area is 147 Å². The van der Waals surface area contributed by atoms with E-state index < -0.39 is 29.1 Å². The Morgan fingerprint density at radius 3 is 2.38 bits per heavy atom. The summed E-state index contributed by atoms with van der Waals surface area (Å²) < 4.78 is 28.9. The monoisotopic (exact) mass is 358 g/mol. The summed E-state index contributed by atoms with van der Waals surface area (Å²) in [6, 6.07) is 8.12. The molecule has 0 aliphatic carbocycles. The lowest BCUT2D eigenvalue weighted by molar-refractivity contribution is 0.0940. The first kappa shape index (κ1) is 17.5. The first-order chi connectivity index (χ1) is 12.4. The normalized spacial score (nSPS) is 11.0. The Hall–Kier alpha value is -3.29. The predicted octanol–water partition coefficient (Wildman–Crippen LogP) is 3.00. The molecule has 8 heteroatoms. The zero-order chi connectivity index (χ0) is 18.8. The van der Waals surface area contributed by atoms with Gasteiger partial charge in [0, 0.05) is 12.2 Å². The van der Waals surface area contributed by atoms with Crippen LogP contribution in [0.1, 0.15) is 35.0 Å². The van der Waals surface area contributed by atoms with E-state index in [2.05, 4.69) is 15.6 Å². The lowest BCUT2D eigenvalue weighted by atomic mass is 10.3. The van der Waals surface area contributed by atoms with Crippen LogP contribution in [0.15, 0.2) is 42.6 Å². The number of hydrogen-bond donors (Lipinski definition) is 2. The zero-order valence-electron chi connectivity index (χ0n) is 14.1. The molecule has 2 amide bonds. The minimum atomic E-state index is -0.906. The Bertz CT molecular complexity index is 978. The first-order valence-electron chi connectivity index (χ1n) is 7.91. The number of fused-ring (bicyclic) bond motifs is 1. The SMILES string of the molecule is CC(C)NC(=O)c1nc(C(=O)Nc2c(F)cccc2F)n2ccccc12. The number of amides is 2. The van der Waals surface area contributed by atoms with Crippen LogP contribution in [0.5, 0.6) is 0 Å². The average Bonchev–Trinajstić information content (AvgIpc) is 2.97. The molecule has 6 nitrogen and oxygen atoms in total. The minimum absolute atomic E-state index is 0.0541. The van der Waals surface area contributed by atoms with Crippen LogP contribution in [0.2, 0.25) is 0 Å². The van der Waals surface area contributed by atoms with Crippen molar-refractivity contribution >= 4 is 23.0 Å². The fourth-order valence-electron chi connectivity index (χ4n) is 2.48. The largest absolute Gasteiger partial charge is 0.348 e. The second-order valence-electron chi connectivity index (χ2n) is 5.92. The predicted molar refractivity (Wildman–Crippen MR) is 92.1 cm³/mol. The number of nitrogens with zero attached hydrogens (tertiary/aromatic N) is 2. The Morgan fingerprint density at radius 2 is 1.73 bits per heavy atom. The Balaban J connectivity index is 2.02. The van der Waals surface area contributed by atoms with Crippen molar-refractivity contribution in [2.45, 2.75) is 19.9 Å². The summed E-state index contributed by atoms with van der Waals surface area (Å²) in [5, 5.41) is 4.88. The number of pyridine rings is 1. The average molecular weight is 358 g/mol. The van der Waals surface area contributed by atoms with Gasteiger partial charge in [0.15, 0.2) is 5.69 Å². The number of imidazole rings is 1. The number of aromatic nitrogens is 2. The van der Waals surface area contributed by atoms with E-state index in [0.29, 0.717) is 5.52 Å². The van der Waals surface area contributed by atoms with Gasteiger partial charge in [0.05, 0.1) is 5.52 Å². The molecule has 0 radical (unpaired) electrons. The van der Waals surface area contributed by atoms with E-state index >= 15 is 0 Å². The van der Waals surface area contributed by atoms with Crippen molar-refractivity contribution in [2.24, 2.45) is 0 Å². The van der Waals surface area contributed by atoms with Crippen molar-refractivity contribution in [3.8, 4) is 0 Å². The third-order valence-corrected chi connectivity index (χ3v) is 3.59. The van der Waals surface area contributed by atoms with Crippen LogP contribution in [-0.4, -0.2) is 27.2 Å². The van der Waals surface area contributed by atoms with E-state index in [-0.39, 0.29) is 17.6 Å². The molecule has 0 atom stereocenters. The first-order valence-corrected chi connectivity index (χ1v) is 7.91. The molecule has 2 heterocycles. The van der Waals surface area contributed by atoms with E-state index in [9.17, 15) is 18.4 Å². The van der Waals surface area contributed by atoms with Gasteiger partial charge < -0.3 is 10.6 Å². The van der Waals surface area contributed by atoms with Gasteiger partial charge in [-0.1, -0.05) is 12.1 Å². The highest BCUT2D eigenvalue weighted by atomic mass is 19.1. The van der Waals surface area contributed by atoms with E-state index in [1.807, 2.05) is 0 Å². The van der Waals surface area contributed by atoms with E-state index in [1.54, 1.807) is 38.2 Å². The maximum Gasteiger partial charge on any atom is 0.292 e. The maximum atomic E-state index is 13.8. The summed E-state index contributed by atoms with van der Waals surface area (Å²) in [5.74, 6) is -3.25. The number of nitrogens with one attached hydrogen (secondary N) is 2. The van der Waals surface area contributed by atoms with E-state index in [1.165, 1.54) is 10.5 Å². The number of para-hydroxylation sites is 1. The summed E-state index contributed by atoms with van der Waals surface area (Å²) in [6.07, 6.45) is 1.54. The number of halogens is 2.